The van der Waals surface area contributed by atoms with Crippen LogP contribution in [0, 0.1) is 12.8 Å². The molecule has 0 saturated carbocycles. The van der Waals surface area contributed by atoms with Gasteiger partial charge >= 0.3 is 0 Å². The molecule has 1 amide bonds. The summed E-state index contributed by atoms with van der Waals surface area (Å²) in [6.45, 7) is 5.53. The van der Waals surface area contributed by atoms with Crippen LogP contribution in [-0.4, -0.2) is 56.6 Å². The topological polar surface area (TPSA) is 66.6 Å². The van der Waals surface area contributed by atoms with Gasteiger partial charge in [0.25, 0.3) is 5.78 Å². The van der Waals surface area contributed by atoms with E-state index in [-0.39, 0.29) is 5.92 Å². The lowest BCUT2D eigenvalue weighted by Crippen LogP contribution is -2.45. The van der Waals surface area contributed by atoms with Crippen molar-refractivity contribution < 1.29 is 4.79 Å². The molecule has 0 aliphatic carbocycles. The first-order chi connectivity index (χ1) is 12.2. The molecule has 1 atom stereocenters. The van der Waals surface area contributed by atoms with Crippen LogP contribution in [0.1, 0.15) is 44.2 Å². The SMILES string of the molecule is Cc1cc(N2CCC[C@H](C(=O)N3CCCCCC3)C2)n2ncnc2n1. The molecule has 7 heteroatoms. The standard InChI is InChI=1S/C18H26N6O/c1-14-11-16(24-18(21-14)19-13-20-24)23-10-6-7-15(12-23)17(25)22-8-4-2-3-5-9-22/h11,13,15H,2-10,12H2,1H3/t15-/m0/s1. The minimum absolute atomic E-state index is 0.0823. The van der Waals surface area contributed by atoms with Crippen LogP contribution in [0.5, 0.6) is 0 Å². The molecule has 2 aromatic heterocycles. The highest BCUT2D eigenvalue weighted by molar-refractivity contribution is 5.79. The van der Waals surface area contributed by atoms with E-state index in [1.807, 2.05) is 13.0 Å². The molecule has 2 aliphatic rings. The molecular weight excluding hydrogens is 316 g/mol. The van der Waals surface area contributed by atoms with Crippen LogP contribution in [-0.2, 0) is 4.79 Å². The number of aromatic nitrogens is 4. The van der Waals surface area contributed by atoms with Crippen molar-refractivity contribution in [1.29, 1.82) is 0 Å². The third kappa shape index (κ3) is 3.32. The summed E-state index contributed by atoms with van der Waals surface area (Å²) in [4.78, 5) is 26.0. The third-order valence-electron chi connectivity index (χ3n) is 5.37. The van der Waals surface area contributed by atoms with Crippen molar-refractivity contribution >= 4 is 17.5 Å². The predicted molar refractivity (Wildman–Crippen MR) is 95.5 cm³/mol. The first-order valence-electron chi connectivity index (χ1n) is 9.43. The first kappa shape index (κ1) is 16.3. The summed E-state index contributed by atoms with van der Waals surface area (Å²) < 4.78 is 1.78. The van der Waals surface area contributed by atoms with E-state index < -0.39 is 0 Å². The maximum absolute atomic E-state index is 13.0. The number of piperidine rings is 1. The van der Waals surface area contributed by atoms with Crippen LogP contribution in [0.3, 0.4) is 0 Å². The fourth-order valence-corrected chi connectivity index (χ4v) is 4.07. The van der Waals surface area contributed by atoms with Gasteiger partial charge in [-0.3, -0.25) is 4.79 Å². The van der Waals surface area contributed by atoms with Gasteiger partial charge in [-0.1, -0.05) is 12.8 Å². The lowest BCUT2D eigenvalue weighted by molar-refractivity contribution is -0.135. The fraction of sp³-hybridized carbons (Fsp3) is 0.667. The molecule has 4 rings (SSSR count). The molecule has 2 fully saturated rings. The molecule has 0 aromatic carbocycles. The number of anilines is 1. The number of amides is 1. The van der Waals surface area contributed by atoms with Gasteiger partial charge < -0.3 is 9.80 Å². The van der Waals surface area contributed by atoms with Crippen molar-refractivity contribution in [2.24, 2.45) is 5.92 Å². The highest BCUT2D eigenvalue weighted by atomic mass is 16.2. The molecule has 0 radical (unpaired) electrons. The smallest absolute Gasteiger partial charge is 0.254 e. The lowest BCUT2D eigenvalue weighted by atomic mass is 9.96. The van der Waals surface area contributed by atoms with E-state index in [2.05, 4.69) is 24.9 Å². The van der Waals surface area contributed by atoms with Gasteiger partial charge in [-0.25, -0.2) is 4.98 Å². The highest BCUT2D eigenvalue weighted by Crippen LogP contribution is 2.26. The van der Waals surface area contributed by atoms with Gasteiger partial charge in [0.2, 0.25) is 5.91 Å². The average Bonchev–Trinajstić information content (AvgIpc) is 2.93. The van der Waals surface area contributed by atoms with E-state index in [0.717, 1.165) is 63.4 Å². The van der Waals surface area contributed by atoms with E-state index in [9.17, 15) is 4.79 Å². The number of carbonyl (C=O) groups excluding carboxylic acids is 1. The zero-order valence-electron chi connectivity index (χ0n) is 14.9. The second-order valence-electron chi connectivity index (χ2n) is 7.25. The van der Waals surface area contributed by atoms with Gasteiger partial charge in [0, 0.05) is 37.9 Å². The third-order valence-corrected chi connectivity index (χ3v) is 5.37. The van der Waals surface area contributed by atoms with Gasteiger partial charge in [-0.05, 0) is 32.6 Å². The Balaban J connectivity index is 1.54. The monoisotopic (exact) mass is 342 g/mol. The van der Waals surface area contributed by atoms with Gasteiger partial charge in [-0.15, -0.1) is 0 Å². The maximum Gasteiger partial charge on any atom is 0.254 e. The van der Waals surface area contributed by atoms with Gasteiger partial charge in [0.1, 0.15) is 12.1 Å². The second-order valence-corrected chi connectivity index (χ2v) is 7.25. The molecule has 25 heavy (non-hydrogen) atoms. The van der Waals surface area contributed by atoms with Crippen LogP contribution in [0.25, 0.3) is 5.78 Å². The summed E-state index contributed by atoms with van der Waals surface area (Å²) in [5.74, 6) is 2.04. The Morgan fingerprint density at radius 2 is 1.92 bits per heavy atom. The van der Waals surface area contributed by atoms with Crippen LogP contribution in [0.4, 0.5) is 5.82 Å². The molecule has 2 saturated heterocycles. The Bertz CT molecular complexity index is 749. The Labute approximate surface area is 148 Å². The Morgan fingerprint density at radius 3 is 2.72 bits per heavy atom. The number of nitrogens with zero attached hydrogens (tertiary/aromatic N) is 6. The van der Waals surface area contributed by atoms with E-state index in [4.69, 9.17) is 0 Å². The number of rotatable bonds is 2. The van der Waals surface area contributed by atoms with Crippen LogP contribution in [0.2, 0.25) is 0 Å². The van der Waals surface area contributed by atoms with Crippen molar-refractivity contribution in [3.8, 4) is 0 Å². The zero-order valence-corrected chi connectivity index (χ0v) is 14.9. The summed E-state index contributed by atoms with van der Waals surface area (Å²) in [7, 11) is 0. The largest absolute Gasteiger partial charge is 0.356 e. The lowest BCUT2D eigenvalue weighted by Gasteiger charge is -2.36. The highest BCUT2D eigenvalue weighted by Gasteiger charge is 2.30. The number of carbonyl (C=O) groups is 1. The van der Waals surface area contributed by atoms with Crippen molar-refractivity contribution in [3.05, 3.63) is 18.1 Å². The molecule has 2 aromatic rings. The molecule has 7 nitrogen and oxygen atoms in total. The molecule has 0 N–H and O–H groups in total. The van der Waals surface area contributed by atoms with Crippen LogP contribution in [0.15, 0.2) is 12.4 Å². The normalized spacial score (nSPS) is 22.2. The molecule has 0 spiro atoms. The van der Waals surface area contributed by atoms with E-state index in [0.29, 0.717) is 11.7 Å². The Hall–Kier alpha value is -2.18. The molecule has 0 bridgehead atoms. The number of aryl methyl sites for hydroxylation is 1. The Kier molecular flexibility index (Phi) is 4.55. The minimum atomic E-state index is 0.0823. The van der Waals surface area contributed by atoms with Crippen LogP contribution < -0.4 is 4.90 Å². The summed E-state index contributed by atoms with van der Waals surface area (Å²) >= 11 is 0. The number of fused-ring (bicyclic) bond motifs is 1. The van der Waals surface area contributed by atoms with E-state index >= 15 is 0 Å². The Morgan fingerprint density at radius 1 is 1.12 bits per heavy atom. The molecule has 134 valence electrons. The predicted octanol–water partition coefficient (Wildman–Crippen LogP) is 2.05. The van der Waals surface area contributed by atoms with Crippen molar-refractivity contribution in [1.82, 2.24) is 24.5 Å². The average molecular weight is 342 g/mol. The van der Waals surface area contributed by atoms with Gasteiger partial charge in [-0.2, -0.15) is 14.6 Å². The van der Waals surface area contributed by atoms with Gasteiger partial charge in [0.05, 0.1) is 5.92 Å². The quantitative estimate of drug-likeness (QED) is 0.836. The fourth-order valence-electron chi connectivity index (χ4n) is 4.07. The van der Waals surface area contributed by atoms with Crippen molar-refractivity contribution in [2.45, 2.75) is 45.4 Å². The number of hydrogen-bond acceptors (Lipinski definition) is 5. The minimum Gasteiger partial charge on any atom is -0.356 e. The van der Waals surface area contributed by atoms with Crippen molar-refractivity contribution in [2.75, 3.05) is 31.1 Å². The molecule has 2 aliphatic heterocycles. The molecular formula is C18H26N6O. The summed E-state index contributed by atoms with van der Waals surface area (Å²) in [6, 6.07) is 2.04. The zero-order chi connectivity index (χ0) is 17.2. The van der Waals surface area contributed by atoms with Gasteiger partial charge in [0.15, 0.2) is 0 Å². The summed E-state index contributed by atoms with van der Waals surface area (Å²) in [6.07, 6.45) is 8.34. The second kappa shape index (κ2) is 6.98. The molecule has 4 heterocycles. The molecule has 0 unspecified atom stereocenters. The maximum atomic E-state index is 13.0. The number of likely N-dealkylation sites (tertiary alicyclic amines) is 1. The number of hydrogen-bond donors (Lipinski definition) is 0. The summed E-state index contributed by atoms with van der Waals surface area (Å²) in [5, 5.41) is 4.31. The van der Waals surface area contributed by atoms with Crippen molar-refractivity contribution in [3.63, 3.8) is 0 Å². The van der Waals surface area contributed by atoms with Crippen LogP contribution >= 0.6 is 0 Å². The van der Waals surface area contributed by atoms with E-state index in [1.165, 1.54) is 19.2 Å². The summed E-state index contributed by atoms with van der Waals surface area (Å²) in [5.41, 5.74) is 0.927. The first-order valence-corrected chi connectivity index (χ1v) is 9.43. The van der Waals surface area contributed by atoms with E-state index in [1.54, 1.807) is 4.52 Å².